The van der Waals surface area contributed by atoms with Crippen LogP contribution in [0.3, 0.4) is 0 Å². The Morgan fingerprint density at radius 3 is 2.92 bits per heavy atom. The van der Waals surface area contributed by atoms with Crippen molar-refractivity contribution in [2.24, 2.45) is 0 Å². The quantitative estimate of drug-likeness (QED) is 0.922. The first kappa shape index (κ1) is 16.9. The van der Waals surface area contributed by atoms with Crippen LogP contribution in [0.15, 0.2) is 24.3 Å². The molecule has 6 nitrogen and oxygen atoms in total. The van der Waals surface area contributed by atoms with E-state index in [0.717, 1.165) is 19.3 Å². The zero-order valence-electron chi connectivity index (χ0n) is 13.7. The Kier molecular flexibility index (Phi) is 5.16. The minimum atomic E-state index is -0.121. The highest BCUT2D eigenvalue weighted by molar-refractivity contribution is 6.32. The molecule has 1 amide bonds. The highest BCUT2D eigenvalue weighted by atomic mass is 35.5. The van der Waals surface area contributed by atoms with Crippen LogP contribution < -0.4 is 0 Å². The Balaban J connectivity index is 1.90. The molecule has 1 aliphatic rings. The summed E-state index contributed by atoms with van der Waals surface area (Å²) in [6.07, 6.45) is 3.58. The van der Waals surface area contributed by atoms with Gasteiger partial charge in [0, 0.05) is 19.2 Å². The van der Waals surface area contributed by atoms with Crippen LogP contribution in [0.1, 0.15) is 41.9 Å². The van der Waals surface area contributed by atoms with Crippen LogP contribution in [0.25, 0.3) is 5.69 Å². The molecule has 0 saturated carbocycles. The second kappa shape index (κ2) is 7.32. The van der Waals surface area contributed by atoms with E-state index in [9.17, 15) is 9.90 Å². The summed E-state index contributed by atoms with van der Waals surface area (Å²) in [5, 5.41) is 18.0. The predicted octanol–water partition coefficient (Wildman–Crippen LogP) is 2.61. The molecule has 2 aromatic rings. The highest BCUT2D eigenvalue weighted by Crippen LogP contribution is 2.24. The summed E-state index contributed by atoms with van der Waals surface area (Å²) in [6, 6.07) is 7.40. The minimum Gasteiger partial charge on any atom is -0.396 e. The highest BCUT2D eigenvalue weighted by Gasteiger charge is 2.30. The molecule has 1 atom stereocenters. The SMILES string of the molecule is Cc1c(C(=O)N2CCCCC2CCO)nnn1-c1ccccc1Cl. The zero-order chi connectivity index (χ0) is 17.1. The van der Waals surface area contributed by atoms with Gasteiger partial charge in [-0.25, -0.2) is 4.68 Å². The van der Waals surface area contributed by atoms with Crippen molar-refractivity contribution < 1.29 is 9.90 Å². The Morgan fingerprint density at radius 2 is 2.17 bits per heavy atom. The van der Waals surface area contributed by atoms with Crippen LogP contribution in [0, 0.1) is 6.92 Å². The van der Waals surface area contributed by atoms with E-state index in [4.69, 9.17) is 11.6 Å². The van der Waals surface area contributed by atoms with Gasteiger partial charge in [0.05, 0.1) is 16.4 Å². The smallest absolute Gasteiger partial charge is 0.276 e. The molecule has 1 aliphatic heterocycles. The number of amides is 1. The summed E-state index contributed by atoms with van der Waals surface area (Å²) in [5.74, 6) is -0.121. The predicted molar refractivity (Wildman–Crippen MR) is 91.5 cm³/mol. The summed E-state index contributed by atoms with van der Waals surface area (Å²) in [5.41, 5.74) is 1.72. The number of aliphatic hydroxyl groups excluding tert-OH is 1. The third-order valence-corrected chi connectivity index (χ3v) is 4.85. The average Bonchev–Trinajstić information content (AvgIpc) is 2.97. The second-order valence-electron chi connectivity index (χ2n) is 6.05. The molecule has 3 rings (SSSR count). The maximum absolute atomic E-state index is 12.9. The van der Waals surface area contributed by atoms with Gasteiger partial charge in [-0.15, -0.1) is 5.10 Å². The van der Waals surface area contributed by atoms with Crippen LogP contribution in [0.5, 0.6) is 0 Å². The fourth-order valence-electron chi connectivity index (χ4n) is 3.23. The fraction of sp³-hybridized carbons (Fsp3) is 0.471. The Hall–Kier alpha value is -1.92. The number of aromatic nitrogens is 3. The monoisotopic (exact) mass is 348 g/mol. The number of hydrogen-bond acceptors (Lipinski definition) is 4. The Morgan fingerprint density at radius 1 is 1.38 bits per heavy atom. The van der Waals surface area contributed by atoms with Crippen molar-refractivity contribution in [3.05, 3.63) is 40.7 Å². The van der Waals surface area contributed by atoms with Crippen molar-refractivity contribution in [1.29, 1.82) is 0 Å². The molecule has 128 valence electrons. The maximum atomic E-state index is 12.9. The van der Waals surface area contributed by atoms with Crippen LogP contribution in [-0.2, 0) is 0 Å². The molecule has 1 unspecified atom stereocenters. The lowest BCUT2D eigenvalue weighted by atomic mass is 9.99. The number of carbonyl (C=O) groups is 1. The second-order valence-corrected chi connectivity index (χ2v) is 6.45. The number of likely N-dealkylation sites (tertiary alicyclic amines) is 1. The first-order valence-corrected chi connectivity index (χ1v) is 8.60. The van der Waals surface area contributed by atoms with E-state index in [-0.39, 0.29) is 18.6 Å². The van der Waals surface area contributed by atoms with Crippen molar-refractivity contribution in [3.8, 4) is 5.69 Å². The maximum Gasteiger partial charge on any atom is 0.276 e. The van der Waals surface area contributed by atoms with Crippen LogP contribution in [0.4, 0.5) is 0 Å². The standard InChI is InChI=1S/C17H21ClN4O2/c1-12-16(17(24)21-10-5-4-6-13(21)9-11-23)19-20-22(12)15-8-3-2-7-14(15)18/h2-3,7-8,13,23H,4-6,9-11H2,1H3. The molecule has 0 radical (unpaired) electrons. The van der Waals surface area contributed by atoms with Gasteiger partial charge < -0.3 is 10.0 Å². The van der Waals surface area contributed by atoms with Crippen molar-refractivity contribution in [1.82, 2.24) is 19.9 Å². The molecule has 2 heterocycles. The topological polar surface area (TPSA) is 71.2 Å². The fourth-order valence-corrected chi connectivity index (χ4v) is 3.45. The average molecular weight is 349 g/mol. The number of hydrogen-bond donors (Lipinski definition) is 1. The van der Waals surface area contributed by atoms with Gasteiger partial charge in [0.2, 0.25) is 0 Å². The van der Waals surface area contributed by atoms with E-state index < -0.39 is 0 Å². The van der Waals surface area contributed by atoms with Gasteiger partial charge in [0.1, 0.15) is 0 Å². The van der Waals surface area contributed by atoms with Gasteiger partial charge in [-0.3, -0.25) is 4.79 Å². The van der Waals surface area contributed by atoms with Gasteiger partial charge in [0.15, 0.2) is 5.69 Å². The number of carbonyl (C=O) groups excluding carboxylic acids is 1. The van der Waals surface area contributed by atoms with E-state index in [2.05, 4.69) is 10.3 Å². The number of rotatable bonds is 4. The Bertz CT molecular complexity index is 729. The molecule has 1 fully saturated rings. The molecule has 1 aromatic heterocycles. The first-order chi connectivity index (χ1) is 11.6. The number of para-hydroxylation sites is 1. The van der Waals surface area contributed by atoms with Gasteiger partial charge in [-0.2, -0.15) is 0 Å². The van der Waals surface area contributed by atoms with Crippen LogP contribution >= 0.6 is 11.6 Å². The summed E-state index contributed by atoms with van der Waals surface area (Å²) >= 11 is 6.22. The summed E-state index contributed by atoms with van der Waals surface area (Å²) in [6.45, 7) is 2.60. The third kappa shape index (κ3) is 3.16. The Labute approximate surface area is 146 Å². The molecule has 1 aromatic carbocycles. The molecule has 0 aliphatic carbocycles. The number of piperidine rings is 1. The van der Waals surface area contributed by atoms with Gasteiger partial charge in [-0.1, -0.05) is 28.9 Å². The van der Waals surface area contributed by atoms with Crippen molar-refractivity contribution >= 4 is 17.5 Å². The largest absolute Gasteiger partial charge is 0.396 e. The lowest BCUT2D eigenvalue weighted by Crippen LogP contribution is -2.44. The van der Waals surface area contributed by atoms with Gasteiger partial charge >= 0.3 is 0 Å². The molecule has 1 saturated heterocycles. The lowest BCUT2D eigenvalue weighted by Gasteiger charge is -2.35. The van der Waals surface area contributed by atoms with Crippen molar-refractivity contribution in [2.75, 3.05) is 13.2 Å². The van der Waals surface area contributed by atoms with Gasteiger partial charge in [-0.05, 0) is 44.7 Å². The molecule has 7 heteroatoms. The summed E-state index contributed by atoms with van der Waals surface area (Å²) in [7, 11) is 0. The third-order valence-electron chi connectivity index (χ3n) is 4.53. The van der Waals surface area contributed by atoms with E-state index in [1.165, 1.54) is 0 Å². The molecular formula is C17H21ClN4O2. The van der Waals surface area contributed by atoms with Gasteiger partial charge in [0.25, 0.3) is 5.91 Å². The number of halogens is 1. The van der Waals surface area contributed by atoms with E-state index >= 15 is 0 Å². The lowest BCUT2D eigenvalue weighted by molar-refractivity contribution is 0.0568. The zero-order valence-corrected chi connectivity index (χ0v) is 14.4. The molecule has 24 heavy (non-hydrogen) atoms. The molecule has 0 spiro atoms. The van der Waals surface area contributed by atoms with Crippen molar-refractivity contribution in [2.45, 2.75) is 38.6 Å². The van der Waals surface area contributed by atoms with Crippen LogP contribution in [-0.4, -0.2) is 50.1 Å². The number of aliphatic hydroxyl groups is 1. The first-order valence-electron chi connectivity index (χ1n) is 8.22. The minimum absolute atomic E-state index is 0.0705. The summed E-state index contributed by atoms with van der Waals surface area (Å²) in [4.78, 5) is 14.8. The molecule has 1 N–H and O–H groups in total. The number of benzene rings is 1. The number of nitrogens with zero attached hydrogens (tertiary/aromatic N) is 4. The molecular weight excluding hydrogens is 328 g/mol. The van der Waals surface area contributed by atoms with Crippen LogP contribution in [0.2, 0.25) is 5.02 Å². The molecule has 0 bridgehead atoms. The van der Waals surface area contributed by atoms with E-state index in [1.807, 2.05) is 30.0 Å². The normalized spacial score (nSPS) is 18.0. The van der Waals surface area contributed by atoms with E-state index in [0.29, 0.717) is 35.1 Å². The summed E-state index contributed by atoms with van der Waals surface area (Å²) < 4.78 is 1.60. The van der Waals surface area contributed by atoms with E-state index in [1.54, 1.807) is 10.7 Å². The van der Waals surface area contributed by atoms with Crippen molar-refractivity contribution in [3.63, 3.8) is 0 Å².